The number of benzene rings is 4. The molecule has 4 heterocycles. The lowest BCUT2D eigenvalue weighted by molar-refractivity contribution is 1.14. The molecule has 0 amide bonds. The lowest BCUT2D eigenvalue weighted by Gasteiger charge is -2.08. The number of nitrogens with two attached hydrogens (primary N) is 1. The van der Waals surface area contributed by atoms with Crippen LogP contribution in [0, 0.1) is 0 Å². The molecule has 0 fully saturated rings. The van der Waals surface area contributed by atoms with Crippen molar-refractivity contribution in [3.63, 3.8) is 0 Å². The van der Waals surface area contributed by atoms with Gasteiger partial charge in [-0.15, -0.1) is 0 Å². The van der Waals surface area contributed by atoms with Crippen LogP contribution in [0.4, 0.5) is 11.6 Å². The number of hydrogen-bond acceptors (Lipinski definition) is 6. The van der Waals surface area contributed by atoms with Gasteiger partial charge in [0.15, 0.2) is 11.7 Å². The lowest BCUT2D eigenvalue weighted by Crippen LogP contribution is -2.16. The topological polar surface area (TPSA) is 119 Å². The molecule has 4 N–H and O–H groups in total. The average Bonchev–Trinajstić information content (AvgIpc) is 3.65. The maximum absolute atomic E-state index is 6.65. The zero-order valence-electron chi connectivity index (χ0n) is 21.8. The van der Waals surface area contributed by atoms with Crippen LogP contribution in [0.1, 0.15) is 22.3 Å². The standard InChI is InChI=1S/C33H22N8/c1-18-19-10-2-3-11-20(19)27(34)36-29-22-13-5-7-15-24(22)31(38-29)40-33-26-17-9-8-16-25(26)32(41-33)39-30-23-14-6-4-12-21(23)28(35-18)37-30/h2-17,38H,1H2,(H2,34,36)(H,35,37,39,40,41). The molecule has 0 radical (unpaired) electrons. The van der Waals surface area contributed by atoms with Crippen LogP contribution in [0.15, 0.2) is 129 Å². The van der Waals surface area contributed by atoms with Gasteiger partial charge in [-0.1, -0.05) is 104 Å². The van der Waals surface area contributed by atoms with E-state index in [4.69, 9.17) is 30.7 Å². The van der Waals surface area contributed by atoms with E-state index in [1.165, 1.54) is 0 Å². The second-order valence-electron chi connectivity index (χ2n) is 9.86. The van der Waals surface area contributed by atoms with Gasteiger partial charge in [0.2, 0.25) is 0 Å². The van der Waals surface area contributed by atoms with E-state index in [0.717, 1.165) is 43.8 Å². The molecule has 41 heavy (non-hydrogen) atoms. The Kier molecular flexibility index (Phi) is 4.96. The lowest BCUT2D eigenvalue weighted by atomic mass is 10.0. The van der Waals surface area contributed by atoms with Crippen molar-refractivity contribution in [2.24, 2.45) is 30.7 Å². The molecule has 2 aliphatic rings. The summed E-state index contributed by atoms with van der Waals surface area (Å²) in [6, 6.07) is 31.7. The van der Waals surface area contributed by atoms with Crippen LogP contribution in [0.2, 0.25) is 0 Å². The molecule has 6 aromatic rings. The predicted molar refractivity (Wildman–Crippen MR) is 164 cm³/mol. The van der Waals surface area contributed by atoms with Crippen LogP contribution < -0.4 is 16.7 Å². The monoisotopic (exact) mass is 530 g/mol. The van der Waals surface area contributed by atoms with Crippen molar-refractivity contribution in [1.82, 2.24) is 9.97 Å². The first-order valence-corrected chi connectivity index (χ1v) is 13.2. The maximum atomic E-state index is 6.65. The predicted octanol–water partition coefficient (Wildman–Crippen LogP) is 5.45. The molecule has 8 heteroatoms. The Morgan fingerprint density at radius 2 is 0.951 bits per heavy atom. The number of hydrogen-bond donors (Lipinski definition) is 3. The number of aromatic amines is 2. The van der Waals surface area contributed by atoms with E-state index >= 15 is 0 Å². The van der Waals surface area contributed by atoms with Crippen LogP contribution in [0.5, 0.6) is 0 Å². The molecule has 194 valence electrons. The summed E-state index contributed by atoms with van der Waals surface area (Å²) in [6.07, 6.45) is 0. The first kappa shape index (κ1) is 23.0. The molecule has 8 rings (SSSR count). The molecule has 4 aromatic carbocycles. The van der Waals surface area contributed by atoms with Gasteiger partial charge in [0.1, 0.15) is 28.4 Å². The zero-order chi connectivity index (χ0) is 27.5. The highest BCUT2D eigenvalue weighted by Gasteiger charge is 2.23. The van der Waals surface area contributed by atoms with Gasteiger partial charge in [0, 0.05) is 43.8 Å². The van der Waals surface area contributed by atoms with Gasteiger partial charge >= 0.3 is 0 Å². The van der Waals surface area contributed by atoms with Gasteiger partial charge in [-0.2, -0.15) is 0 Å². The van der Waals surface area contributed by atoms with Crippen molar-refractivity contribution in [2.45, 2.75) is 0 Å². The Labute approximate surface area is 233 Å². The van der Waals surface area contributed by atoms with Gasteiger partial charge in [-0.3, -0.25) is 0 Å². The summed E-state index contributed by atoms with van der Waals surface area (Å²) in [5, 5.41) is 3.68. The van der Waals surface area contributed by atoms with Gasteiger partial charge in [0.25, 0.3) is 0 Å². The fourth-order valence-electron chi connectivity index (χ4n) is 5.45. The smallest absolute Gasteiger partial charge is 0.164 e. The molecular weight excluding hydrogens is 508 g/mol. The minimum Gasteiger partial charge on any atom is -0.383 e. The molecule has 6 bridgehead atoms. The number of aliphatic imine (C=N–C) groups is 3. The van der Waals surface area contributed by atoms with Gasteiger partial charge in [-0.25, -0.2) is 25.0 Å². The van der Waals surface area contributed by atoms with Crippen LogP contribution in [-0.4, -0.2) is 27.5 Å². The van der Waals surface area contributed by atoms with E-state index in [0.29, 0.717) is 45.8 Å². The first-order valence-electron chi connectivity index (χ1n) is 13.2. The van der Waals surface area contributed by atoms with E-state index < -0.39 is 0 Å². The highest BCUT2D eigenvalue weighted by molar-refractivity contribution is 6.23. The Balaban J connectivity index is 1.49. The van der Waals surface area contributed by atoms with Crippen LogP contribution in [0.25, 0.3) is 27.2 Å². The Bertz CT molecular complexity index is 2300. The summed E-state index contributed by atoms with van der Waals surface area (Å²) in [4.78, 5) is 31.4. The Morgan fingerprint density at radius 3 is 1.61 bits per heavy atom. The molecule has 8 nitrogen and oxygen atoms in total. The first-order chi connectivity index (χ1) is 20.1. The third-order valence-corrected chi connectivity index (χ3v) is 7.40. The number of fused-ring (bicyclic) bond motifs is 15. The molecule has 0 unspecified atom stereocenters. The summed E-state index contributed by atoms with van der Waals surface area (Å²) in [5.41, 5.74) is 11.8. The zero-order valence-corrected chi connectivity index (χ0v) is 21.8. The number of nitrogens with zero attached hydrogens (tertiary/aromatic N) is 5. The largest absolute Gasteiger partial charge is 0.383 e. The molecule has 0 atom stereocenters. The van der Waals surface area contributed by atoms with Gasteiger partial charge in [-0.05, 0) is 0 Å². The Morgan fingerprint density at radius 1 is 0.463 bits per heavy atom. The van der Waals surface area contributed by atoms with Crippen LogP contribution in [-0.2, 0) is 0 Å². The maximum Gasteiger partial charge on any atom is 0.164 e. The van der Waals surface area contributed by atoms with Crippen molar-refractivity contribution in [2.75, 3.05) is 0 Å². The van der Waals surface area contributed by atoms with Crippen molar-refractivity contribution < 1.29 is 0 Å². The van der Waals surface area contributed by atoms with Crippen molar-refractivity contribution >= 4 is 56.4 Å². The van der Waals surface area contributed by atoms with E-state index in [1.807, 2.05) is 97.1 Å². The summed E-state index contributed by atoms with van der Waals surface area (Å²) in [5.74, 6) is 2.74. The number of rotatable bonds is 0. The SMILES string of the molecule is C=C1/N=c2\[nH]/c(c3ccccc23)=N\C2=NC(=N\c3[nH]c(c4ccccc34)/N=C(\N)c3ccccc31)/c1ccccc12. The van der Waals surface area contributed by atoms with E-state index in [9.17, 15) is 0 Å². The summed E-state index contributed by atoms with van der Waals surface area (Å²) < 4.78 is 0. The third kappa shape index (κ3) is 3.65. The van der Waals surface area contributed by atoms with Crippen LogP contribution >= 0.6 is 0 Å². The highest BCUT2D eigenvalue weighted by Crippen LogP contribution is 2.35. The van der Waals surface area contributed by atoms with E-state index in [2.05, 4.69) is 16.5 Å². The molecule has 2 aliphatic heterocycles. The summed E-state index contributed by atoms with van der Waals surface area (Å²) in [6.45, 7) is 4.30. The van der Waals surface area contributed by atoms with Crippen LogP contribution in [0.3, 0.4) is 0 Å². The molecule has 2 aromatic heterocycles. The highest BCUT2D eigenvalue weighted by atomic mass is 15.1. The number of nitrogens with one attached hydrogen (secondary N) is 2. The quantitative estimate of drug-likeness (QED) is 0.238. The molecule has 0 saturated carbocycles. The van der Waals surface area contributed by atoms with E-state index in [1.54, 1.807) is 0 Å². The third-order valence-electron chi connectivity index (χ3n) is 7.40. The Hall–Kier alpha value is -5.89. The average molecular weight is 531 g/mol. The number of aromatic nitrogens is 2. The fraction of sp³-hybridized carbons (Fsp3) is 0. The van der Waals surface area contributed by atoms with E-state index in [-0.39, 0.29) is 0 Å². The van der Waals surface area contributed by atoms with Gasteiger partial charge < -0.3 is 15.7 Å². The number of amidine groups is 3. The normalized spacial score (nSPS) is 18.5. The minimum atomic E-state index is 0.339. The molecule has 0 aliphatic carbocycles. The summed E-state index contributed by atoms with van der Waals surface area (Å²) in [7, 11) is 0. The molecule has 0 spiro atoms. The number of H-pyrrole nitrogens is 2. The summed E-state index contributed by atoms with van der Waals surface area (Å²) >= 11 is 0. The fourth-order valence-corrected chi connectivity index (χ4v) is 5.45. The second-order valence-corrected chi connectivity index (χ2v) is 9.86. The molecular formula is C33H22N8. The van der Waals surface area contributed by atoms with Crippen molar-refractivity contribution in [3.05, 3.63) is 137 Å². The second kappa shape index (κ2) is 8.82. The van der Waals surface area contributed by atoms with Gasteiger partial charge in [0.05, 0.1) is 5.70 Å². The molecule has 0 saturated heterocycles. The van der Waals surface area contributed by atoms with Crippen molar-refractivity contribution in [3.8, 4) is 0 Å². The van der Waals surface area contributed by atoms with Crippen molar-refractivity contribution in [1.29, 1.82) is 0 Å². The minimum absolute atomic E-state index is 0.339.